The van der Waals surface area contributed by atoms with E-state index in [9.17, 15) is 5.11 Å². The molecule has 3 heteroatoms. The predicted molar refractivity (Wildman–Crippen MR) is 77.1 cm³/mol. The predicted octanol–water partition coefficient (Wildman–Crippen LogP) is 3.63. The van der Waals surface area contributed by atoms with Crippen molar-refractivity contribution in [1.29, 1.82) is 0 Å². The van der Waals surface area contributed by atoms with Crippen LogP contribution in [0.5, 0.6) is 5.75 Å². The number of hydrogen-bond donors (Lipinski definition) is 1. The van der Waals surface area contributed by atoms with E-state index in [1.54, 1.807) is 0 Å². The summed E-state index contributed by atoms with van der Waals surface area (Å²) in [6.45, 7) is 3.01. The molecule has 3 rings (SSSR count). The normalized spacial score (nSPS) is 18.4. The lowest BCUT2D eigenvalue weighted by Gasteiger charge is -2.15. The summed E-state index contributed by atoms with van der Waals surface area (Å²) in [5.41, 5.74) is 3.60. The Morgan fingerprint density at radius 2 is 2.22 bits per heavy atom. The summed E-state index contributed by atoms with van der Waals surface area (Å²) in [5.74, 6) is 1.32. The number of alkyl halides is 1. The number of rotatable bonds is 1. The second-order valence-electron chi connectivity index (χ2n) is 5.06. The Bertz CT molecular complexity index is 623. The summed E-state index contributed by atoms with van der Waals surface area (Å²) >= 11 is 6.10. The van der Waals surface area contributed by atoms with Crippen LogP contribution in [0.1, 0.15) is 17.0 Å². The summed E-state index contributed by atoms with van der Waals surface area (Å²) in [7, 11) is 2.05. The van der Waals surface area contributed by atoms with Crippen molar-refractivity contribution in [3.05, 3.63) is 35.4 Å². The monoisotopic (exact) mass is 261 g/mol. The largest absolute Gasteiger partial charge is 0.507 e. The van der Waals surface area contributed by atoms with Crippen LogP contribution in [0.4, 0.5) is 5.69 Å². The highest BCUT2D eigenvalue weighted by molar-refractivity contribution is 6.18. The van der Waals surface area contributed by atoms with E-state index < -0.39 is 0 Å². The van der Waals surface area contributed by atoms with Crippen LogP contribution < -0.4 is 4.90 Å². The first-order chi connectivity index (χ1) is 8.63. The molecule has 0 bridgehead atoms. The van der Waals surface area contributed by atoms with E-state index in [1.807, 2.05) is 18.2 Å². The third-order valence-electron chi connectivity index (χ3n) is 3.87. The molecule has 0 aliphatic carbocycles. The van der Waals surface area contributed by atoms with E-state index in [1.165, 1.54) is 16.5 Å². The minimum atomic E-state index is 0.343. The molecule has 0 radical (unpaired) electrons. The first-order valence-electron chi connectivity index (χ1n) is 6.15. The van der Waals surface area contributed by atoms with Gasteiger partial charge in [0, 0.05) is 42.5 Å². The molecule has 1 aliphatic rings. The van der Waals surface area contributed by atoms with Crippen LogP contribution in [0.25, 0.3) is 10.8 Å². The fraction of sp³-hybridized carbons (Fsp3) is 0.333. The quantitative estimate of drug-likeness (QED) is 0.793. The lowest BCUT2D eigenvalue weighted by Crippen LogP contribution is -2.15. The highest BCUT2D eigenvalue weighted by Gasteiger charge is 2.29. The van der Waals surface area contributed by atoms with Gasteiger partial charge < -0.3 is 10.0 Å². The molecule has 0 unspecified atom stereocenters. The fourth-order valence-electron chi connectivity index (χ4n) is 3.03. The van der Waals surface area contributed by atoms with Gasteiger partial charge >= 0.3 is 0 Å². The van der Waals surface area contributed by atoms with Crippen LogP contribution >= 0.6 is 11.6 Å². The molecule has 1 N–H and O–H groups in total. The number of nitrogens with zero attached hydrogens (tertiary/aromatic N) is 1. The van der Waals surface area contributed by atoms with Crippen LogP contribution in [0.15, 0.2) is 24.3 Å². The van der Waals surface area contributed by atoms with Gasteiger partial charge in [-0.05, 0) is 23.4 Å². The topological polar surface area (TPSA) is 23.5 Å². The number of phenols is 1. The molecule has 1 aliphatic heterocycles. The highest BCUT2D eigenvalue weighted by Crippen LogP contribution is 2.45. The molecule has 94 valence electrons. The molecular weight excluding hydrogens is 246 g/mol. The standard InChI is InChI=1S/C15H16ClNO/c1-9-4-3-5-11-13(18)6-12-15(14(9)11)10(7-16)8-17(12)2/h3-6,10,18H,7-8H2,1-2H3/t10-/m1/s1. The minimum Gasteiger partial charge on any atom is -0.507 e. The number of likely N-dealkylation sites (N-methyl/N-ethyl adjacent to an activating group) is 1. The maximum absolute atomic E-state index is 10.2. The number of hydrogen-bond acceptors (Lipinski definition) is 2. The van der Waals surface area contributed by atoms with Gasteiger partial charge in [-0.2, -0.15) is 0 Å². The summed E-state index contributed by atoms with van der Waals surface area (Å²) in [6.07, 6.45) is 0. The molecule has 0 fully saturated rings. The minimum absolute atomic E-state index is 0.343. The highest BCUT2D eigenvalue weighted by atomic mass is 35.5. The Labute approximate surface area is 112 Å². The van der Waals surface area contributed by atoms with Crippen molar-refractivity contribution in [3.8, 4) is 5.75 Å². The van der Waals surface area contributed by atoms with Gasteiger partial charge in [-0.25, -0.2) is 0 Å². The fourth-order valence-corrected chi connectivity index (χ4v) is 3.28. The SMILES string of the molecule is Cc1cccc2c(O)cc3c(c12)[C@H](CCl)CN3C. The van der Waals surface area contributed by atoms with Gasteiger partial charge in [-0.15, -0.1) is 11.6 Å². The number of fused-ring (bicyclic) bond motifs is 3. The number of aryl methyl sites for hydroxylation is 1. The summed E-state index contributed by atoms with van der Waals surface area (Å²) in [5, 5.41) is 12.3. The Hall–Kier alpha value is -1.41. The van der Waals surface area contributed by atoms with Gasteiger partial charge in [-0.1, -0.05) is 18.2 Å². The number of halogens is 1. The maximum Gasteiger partial charge on any atom is 0.125 e. The van der Waals surface area contributed by atoms with Crippen molar-refractivity contribution < 1.29 is 5.11 Å². The van der Waals surface area contributed by atoms with Crippen LogP contribution in [0, 0.1) is 6.92 Å². The first-order valence-corrected chi connectivity index (χ1v) is 6.69. The zero-order chi connectivity index (χ0) is 12.9. The van der Waals surface area contributed by atoms with Crippen LogP contribution in [0.3, 0.4) is 0 Å². The van der Waals surface area contributed by atoms with E-state index in [-0.39, 0.29) is 0 Å². The van der Waals surface area contributed by atoms with Crippen molar-refractivity contribution >= 4 is 28.1 Å². The number of aromatic hydroxyl groups is 1. The van der Waals surface area contributed by atoms with E-state index in [0.717, 1.165) is 17.6 Å². The van der Waals surface area contributed by atoms with Crippen LogP contribution in [0.2, 0.25) is 0 Å². The van der Waals surface area contributed by atoms with E-state index in [2.05, 4.69) is 24.9 Å². The molecular formula is C15H16ClNO. The Balaban J connectivity index is 2.44. The molecule has 18 heavy (non-hydrogen) atoms. The second-order valence-corrected chi connectivity index (χ2v) is 5.37. The Morgan fingerprint density at radius 1 is 1.44 bits per heavy atom. The molecule has 1 atom stereocenters. The zero-order valence-electron chi connectivity index (χ0n) is 10.6. The lowest BCUT2D eigenvalue weighted by atomic mass is 9.92. The molecule has 2 aromatic rings. The van der Waals surface area contributed by atoms with E-state index >= 15 is 0 Å². The van der Waals surface area contributed by atoms with Crippen molar-refractivity contribution in [3.63, 3.8) is 0 Å². The molecule has 2 aromatic carbocycles. The molecule has 0 saturated heterocycles. The number of benzene rings is 2. The molecule has 0 amide bonds. The smallest absolute Gasteiger partial charge is 0.125 e. The summed E-state index contributed by atoms with van der Waals surface area (Å²) < 4.78 is 0. The summed E-state index contributed by atoms with van der Waals surface area (Å²) in [6, 6.07) is 7.91. The van der Waals surface area contributed by atoms with Crippen LogP contribution in [-0.2, 0) is 0 Å². The van der Waals surface area contributed by atoms with E-state index in [0.29, 0.717) is 17.5 Å². The van der Waals surface area contributed by atoms with Crippen LogP contribution in [-0.4, -0.2) is 24.6 Å². The molecule has 0 saturated carbocycles. The van der Waals surface area contributed by atoms with Crippen molar-refractivity contribution in [2.24, 2.45) is 0 Å². The van der Waals surface area contributed by atoms with Gasteiger partial charge in [0.2, 0.25) is 0 Å². The van der Waals surface area contributed by atoms with Crippen molar-refractivity contribution in [2.45, 2.75) is 12.8 Å². The molecule has 1 heterocycles. The van der Waals surface area contributed by atoms with Crippen molar-refractivity contribution in [1.82, 2.24) is 0 Å². The Morgan fingerprint density at radius 3 is 2.94 bits per heavy atom. The maximum atomic E-state index is 10.2. The first kappa shape index (κ1) is 11.7. The average molecular weight is 262 g/mol. The van der Waals surface area contributed by atoms with Crippen molar-refractivity contribution in [2.75, 3.05) is 24.4 Å². The van der Waals surface area contributed by atoms with Gasteiger partial charge in [0.1, 0.15) is 5.75 Å². The molecule has 0 aromatic heterocycles. The third-order valence-corrected chi connectivity index (χ3v) is 4.24. The third kappa shape index (κ3) is 1.49. The Kier molecular flexibility index (Phi) is 2.63. The van der Waals surface area contributed by atoms with Gasteiger partial charge in [0.05, 0.1) is 0 Å². The summed E-state index contributed by atoms with van der Waals surface area (Å²) in [4.78, 5) is 2.17. The van der Waals surface area contributed by atoms with Gasteiger partial charge in [0.25, 0.3) is 0 Å². The van der Waals surface area contributed by atoms with Gasteiger partial charge in [-0.3, -0.25) is 0 Å². The average Bonchev–Trinajstić information content (AvgIpc) is 2.67. The zero-order valence-corrected chi connectivity index (χ0v) is 11.3. The number of phenolic OH excluding ortho intramolecular Hbond substituents is 1. The molecule has 0 spiro atoms. The second kappa shape index (κ2) is 4.06. The number of anilines is 1. The van der Waals surface area contributed by atoms with E-state index in [4.69, 9.17) is 11.6 Å². The molecule has 2 nitrogen and oxygen atoms in total. The van der Waals surface area contributed by atoms with Gasteiger partial charge in [0.15, 0.2) is 0 Å². The lowest BCUT2D eigenvalue weighted by molar-refractivity contribution is 0.481.